The van der Waals surface area contributed by atoms with Crippen LogP contribution in [0, 0.1) is 13.8 Å². The van der Waals surface area contributed by atoms with Crippen molar-refractivity contribution in [2.45, 2.75) is 39.5 Å². The van der Waals surface area contributed by atoms with Crippen LogP contribution >= 0.6 is 11.3 Å². The first-order chi connectivity index (χ1) is 10.7. The summed E-state index contributed by atoms with van der Waals surface area (Å²) in [5, 5.41) is 7.91. The van der Waals surface area contributed by atoms with Crippen LogP contribution < -0.4 is 0 Å². The molecule has 0 saturated heterocycles. The largest absolute Gasteiger partial charge is 0.218 e. The van der Waals surface area contributed by atoms with E-state index >= 15 is 0 Å². The Morgan fingerprint density at radius 1 is 1.05 bits per heavy atom. The first-order valence-corrected chi connectivity index (χ1v) is 8.70. The zero-order valence-corrected chi connectivity index (χ0v) is 13.8. The van der Waals surface area contributed by atoms with Gasteiger partial charge < -0.3 is 0 Å². The molecule has 0 spiro atoms. The topological polar surface area (TPSA) is 30.7 Å². The van der Waals surface area contributed by atoms with Crippen molar-refractivity contribution < 1.29 is 0 Å². The predicted octanol–water partition coefficient (Wildman–Crippen LogP) is 4.49. The summed E-state index contributed by atoms with van der Waals surface area (Å²) in [6.45, 7) is 4.28. The molecule has 1 aliphatic rings. The van der Waals surface area contributed by atoms with Gasteiger partial charge in [0.05, 0.1) is 11.4 Å². The third kappa shape index (κ3) is 2.28. The van der Waals surface area contributed by atoms with Crippen molar-refractivity contribution >= 4 is 11.3 Å². The highest BCUT2D eigenvalue weighted by Crippen LogP contribution is 2.29. The number of thiazole rings is 1. The number of aromatic nitrogens is 3. The molecule has 0 bridgehead atoms. The molecular formula is C18H19N3S. The second-order valence-corrected chi connectivity index (χ2v) is 6.85. The molecule has 0 atom stereocenters. The zero-order valence-electron chi connectivity index (χ0n) is 13.0. The maximum Gasteiger partial charge on any atom is 0.211 e. The Hall–Kier alpha value is -1.94. The van der Waals surface area contributed by atoms with Crippen molar-refractivity contribution in [3.63, 3.8) is 0 Å². The standard InChI is InChI=1S/C18H19N3S/c1-12-7-9-14(10-8-12)17-11-22-18(19-17)21-13(2)15-5-3-4-6-16(15)20-21/h7-11H,3-6H2,1-2H3. The van der Waals surface area contributed by atoms with Crippen LogP contribution in [0.5, 0.6) is 0 Å². The molecule has 4 rings (SSSR count). The van der Waals surface area contributed by atoms with Crippen LogP contribution in [0.4, 0.5) is 0 Å². The van der Waals surface area contributed by atoms with Crippen LogP contribution in [0.2, 0.25) is 0 Å². The summed E-state index contributed by atoms with van der Waals surface area (Å²) < 4.78 is 2.04. The summed E-state index contributed by atoms with van der Waals surface area (Å²) in [6, 6.07) is 8.53. The van der Waals surface area contributed by atoms with Crippen LogP contribution in [0.3, 0.4) is 0 Å². The van der Waals surface area contributed by atoms with Crippen molar-refractivity contribution in [2.24, 2.45) is 0 Å². The van der Waals surface area contributed by atoms with E-state index in [4.69, 9.17) is 10.1 Å². The van der Waals surface area contributed by atoms with Crippen LogP contribution in [-0.4, -0.2) is 14.8 Å². The maximum absolute atomic E-state index is 4.81. The second-order valence-electron chi connectivity index (χ2n) is 6.01. The van der Waals surface area contributed by atoms with Crippen LogP contribution in [0.1, 0.15) is 35.4 Å². The van der Waals surface area contributed by atoms with Crippen molar-refractivity contribution in [3.8, 4) is 16.4 Å². The first kappa shape index (κ1) is 13.7. The summed E-state index contributed by atoms with van der Waals surface area (Å²) in [4.78, 5) is 4.80. The van der Waals surface area contributed by atoms with Gasteiger partial charge in [-0.3, -0.25) is 0 Å². The number of nitrogens with zero attached hydrogens (tertiary/aromatic N) is 3. The molecule has 4 heteroatoms. The molecule has 2 heterocycles. The summed E-state index contributed by atoms with van der Waals surface area (Å²) in [5.74, 6) is 0. The van der Waals surface area contributed by atoms with Gasteiger partial charge in [-0.05, 0) is 45.1 Å². The fourth-order valence-electron chi connectivity index (χ4n) is 3.12. The van der Waals surface area contributed by atoms with Gasteiger partial charge in [-0.25, -0.2) is 9.67 Å². The van der Waals surface area contributed by atoms with E-state index in [0.717, 1.165) is 23.7 Å². The van der Waals surface area contributed by atoms with Crippen molar-refractivity contribution in [1.82, 2.24) is 14.8 Å². The third-order valence-corrected chi connectivity index (χ3v) is 5.25. The molecule has 1 aliphatic carbocycles. The molecule has 0 saturated carbocycles. The summed E-state index contributed by atoms with van der Waals surface area (Å²) in [6.07, 6.45) is 4.82. The van der Waals surface area contributed by atoms with Crippen molar-refractivity contribution in [3.05, 3.63) is 52.2 Å². The average Bonchev–Trinajstić information content (AvgIpc) is 3.14. The lowest BCUT2D eigenvalue weighted by molar-refractivity contribution is 0.671. The summed E-state index contributed by atoms with van der Waals surface area (Å²) in [5.41, 5.74) is 7.46. The first-order valence-electron chi connectivity index (χ1n) is 7.83. The molecular weight excluding hydrogens is 290 g/mol. The SMILES string of the molecule is Cc1ccc(-c2csc(-n3nc4c(c3C)CCCC4)n2)cc1. The Morgan fingerprint density at radius 2 is 1.82 bits per heavy atom. The van der Waals surface area contributed by atoms with E-state index in [1.165, 1.54) is 40.9 Å². The fourth-order valence-corrected chi connectivity index (χ4v) is 3.95. The van der Waals surface area contributed by atoms with Gasteiger partial charge in [-0.2, -0.15) is 5.10 Å². The molecule has 0 radical (unpaired) electrons. The zero-order chi connectivity index (χ0) is 15.1. The summed E-state index contributed by atoms with van der Waals surface area (Å²) >= 11 is 1.67. The third-order valence-electron chi connectivity index (χ3n) is 4.43. The quantitative estimate of drug-likeness (QED) is 0.698. The molecule has 3 nitrogen and oxygen atoms in total. The number of hydrogen-bond donors (Lipinski definition) is 0. The van der Waals surface area contributed by atoms with E-state index in [1.54, 1.807) is 11.3 Å². The number of aryl methyl sites for hydroxylation is 2. The number of fused-ring (bicyclic) bond motifs is 1. The Bertz CT molecular complexity index is 811. The van der Waals surface area contributed by atoms with Gasteiger partial charge in [0.2, 0.25) is 5.13 Å². The normalized spacial score (nSPS) is 14.1. The monoisotopic (exact) mass is 309 g/mol. The van der Waals surface area contributed by atoms with Crippen molar-refractivity contribution in [2.75, 3.05) is 0 Å². The Morgan fingerprint density at radius 3 is 2.59 bits per heavy atom. The highest BCUT2D eigenvalue weighted by Gasteiger charge is 2.20. The lowest BCUT2D eigenvalue weighted by atomic mass is 9.96. The van der Waals surface area contributed by atoms with E-state index in [1.807, 2.05) is 4.68 Å². The minimum atomic E-state index is 0.975. The number of hydrogen-bond acceptors (Lipinski definition) is 3. The molecule has 2 aromatic heterocycles. The van der Waals surface area contributed by atoms with E-state index < -0.39 is 0 Å². The molecule has 3 aromatic rings. The van der Waals surface area contributed by atoms with Crippen LogP contribution in [0.15, 0.2) is 29.6 Å². The minimum Gasteiger partial charge on any atom is -0.218 e. The van der Waals surface area contributed by atoms with Gasteiger partial charge in [0.1, 0.15) is 0 Å². The van der Waals surface area contributed by atoms with Gasteiger partial charge in [0, 0.05) is 16.6 Å². The van der Waals surface area contributed by atoms with E-state index in [-0.39, 0.29) is 0 Å². The van der Waals surface area contributed by atoms with Gasteiger partial charge in [0.25, 0.3) is 0 Å². The lowest BCUT2D eigenvalue weighted by Gasteiger charge is -2.08. The molecule has 0 N–H and O–H groups in total. The Labute approximate surface area is 134 Å². The van der Waals surface area contributed by atoms with E-state index in [0.29, 0.717) is 0 Å². The van der Waals surface area contributed by atoms with Crippen LogP contribution in [0.25, 0.3) is 16.4 Å². The van der Waals surface area contributed by atoms with Gasteiger partial charge in [-0.1, -0.05) is 29.8 Å². The molecule has 1 aromatic carbocycles. The fraction of sp³-hybridized carbons (Fsp3) is 0.333. The maximum atomic E-state index is 4.81. The van der Waals surface area contributed by atoms with Gasteiger partial charge >= 0.3 is 0 Å². The van der Waals surface area contributed by atoms with E-state index in [2.05, 4.69) is 43.5 Å². The molecule has 112 valence electrons. The Balaban J connectivity index is 1.72. The lowest BCUT2D eigenvalue weighted by Crippen LogP contribution is -2.00. The smallest absolute Gasteiger partial charge is 0.211 e. The average molecular weight is 309 g/mol. The summed E-state index contributed by atoms with van der Waals surface area (Å²) in [7, 11) is 0. The highest BCUT2D eigenvalue weighted by atomic mass is 32.1. The predicted molar refractivity (Wildman–Crippen MR) is 90.8 cm³/mol. The molecule has 0 amide bonds. The van der Waals surface area contributed by atoms with Crippen LogP contribution in [-0.2, 0) is 12.8 Å². The number of benzene rings is 1. The molecule has 0 unspecified atom stereocenters. The molecule has 0 aliphatic heterocycles. The number of rotatable bonds is 2. The molecule has 22 heavy (non-hydrogen) atoms. The van der Waals surface area contributed by atoms with Crippen molar-refractivity contribution in [1.29, 1.82) is 0 Å². The molecule has 0 fully saturated rings. The minimum absolute atomic E-state index is 0.975. The van der Waals surface area contributed by atoms with Gasteiger partial charge in [0.15, 0.2) is 0 Å². The second kappa shape index (κ2) is 5.36. The van der Waals surface area contributed by atoms with Gasteiger partial charge in [-0.15, -0.1) is 11.3 Å². The Kier molecular flexibility index (Phi) is 3.34. The highest BCUT2D eigenvalue weighted by molar-refractivity contribution is 7.12. The van der Waals surface area contributed by atoms with E-state index in [9.17, 15) is 0 Å².